The van der Waals surface area contributed by atoms with Gasteiger partial charge < -0.3 is 10.6 Å². The summed E-state index contributed by atoms with van der Waals surface area (Å²) in [6, 6.07) is 1.28. The van der Waals surface area contributed by atoms with E-state index in [1.807, 2.05) is 0 Å². The van der Waals surface area contributed by atoms with Gasteiger partial charge in [0.2, 0.25) is 0 Å². The first-order chi connectivity index (χ1) is 7.84. The van der Waals surface area contributed by atoms with Gasteiger partial charge in [-0.1, -0.05) is 0 Å². The van der Waals surface area contributed by atoms with Crippen LogP contribution in [-0.4, -0.2) is 40.4 Å². The molecule has 2 heterocycles. The first kappa shape index (κ1) is 11.5. The molecule has 5 nitrogen and oxygen atoms in total. The normalized spacial score (nSPS) is 22.4. The third-order valence-electron chi connectivity index (χ3n) is 3.12. The van der Waals surface area contributed by atoms with Crippen LogP contribution in [0, 0.1) is 0 Å². The number of H-pyrrole nitrogens is 1. The van der Waals surface area contributed by atoms with Crippen molar-refractivity contribution in [2.24, 2.45) is 0 Å². The highest BCUT2D eigenvalue weighted by molar-refractivity contribution is 4.82. The lowest BCUT2D eigenvalue weighted by Crippen LogP contribution is -2.34. The molecule has 3 N–H and O–H groups in total. The Morgan fingerprint density at radius 3 is 3.25 bits per heavy atom. The highest BCUT2D eigenvalue weighted by atomic mass is 15.2. The Morgan fingerprint density at radius 1 is 1.62 bits per heavy atom. The molecule has 5 heteroatoms. The molecule has 0 bridgehead atoms. The molecule has 0 amide bonds. The summed E-state index contributed by atoms with van der Waals surface area (Å²) in [7, 11) is 0. The predicted octanol–water partition coefficient (Wildman–Crippen LogP) is 0.467. The van der Waals surface area contributed by atoms with E-state index in [1.54, 1.807) is 6.33 Å². The van der Waals surface area contributed by atoms with Crippen LogP contribution in [-0.2, 0) is 6.42 Å². The number of nitrogens with zero attached hydrogens (tertiary/aromatic N) is 2. The smallest absolute Gasteiger partial charge is 0.137 e. The van der Waals surface area contributed by atoms with Crippen molar-refractivity contribution in [1.29, 1.82) is 0 Å². The first-order valence-corrected chi connectivity index (χ1v) is 6.15. The van der Waals surface area contributed by atoms with Crippen molar-refractivity contribution in [3.63, 3.8) is 0 Å². The summed E-state index contributed by atoms with van der Waals surface area (Å²) in [6.45, 7) is 4.40. The van der Waals surface area contributed by atoms with Crippen LogP contribution in [0.1, 0.15) is 32.0 Å². The van der Waals surface area contributed by atoms with E-state index in [4.69, 9.17) is 0 Å². The van der Waals surface area contributed by atoms with Gasteiger partial charge >= 0.3 is 0 Å². The second-order valence-corrected chi connectivity index (χ2v) is 4.57. The Hall–Kier alpha value is -0.940. The van der Waals surface area contributed by atoms with Crippen molar-refractivity contribution in [2.75, 3.05) is 13.1 Å². The molecule has 1 aromatic rings. The highest BCUT2D eigenvalue weighted by Crippen LogP contribution is 2.10. The monoisotopic (exact) mass is 223 g/mol. The topological polar surface area (TPSA) is 65.6 Å². The molecule has 0 aliphatic carbocycles. The van der Waals surface area contributed by atoms with Crippen LogP contribution < -0.4 is 10.6 Å². The van der Waals surface area contributed by atoms with Crippen LogP contribution in [0.3, 0.4) is 0 Å². The van der Waals surface area contributed by atoms with Crippen molar-refractivity contribution >= 4 is 0 Å². The second-order valence-electron chi connectivity index (χ2n) is 4.57. The molecule has 1 saturated heterocycles. The second kappa shape index (κ2) is 5.96. The zero-order valence-corrected chi connectivity index (χ0v) is 9.87. The number of rotatable bonds is 6. The number of hydrogen-bond donors (Lipinski definition) is 3. The van der Waals surface area contributed by atoms with Crippen LogP contribution in [0.2, 0.25) is 0 Å². The van der Waals surface area contributed by atoms with E-state index in [2.05, 4.69) is 32.7 Å². The van der Waals surface area contributed by atoms with Gasteiger partial charge in [0.1, 0.15) is 12.2 Å². The van der Waals surface area contributed by atoms with Crippen molar-refractivity contribution < 1.29 is 0 Å². The molecule has 90 valence electrons. The van der Waals surface area contributed by atoms with Gasteiger partial charge in [0.25, 0.3) is 0 Å². The van der Waals surface area contributed by atoms with E-state index in [1.165, 1.54) is 25.8 Å². The average Bonchev–Trinajstić information content (AvgIpc) is 2.90. The van der Waals surface area contributed by atoms with Gasteiger partial charge in [-0.25, -0.2) is 4.98 Å². The third kappa shape index (κ3) is 3.57. The summed E-state index contributed by atoms with van der Waals surface area (Å²) < 4.78 is 0. The molecule has 2 rings (SSSR count). The zero-order valence-electron chi connectivity index (χ0n) is 9.87. The summed E-state index contributed by atoms with van der Waals surface area (Å²) in [5.74, 6) is 0.957. The molecule has 0 radical (unpaired) electrons. The summed E-state index contributed by atoms with van der Waals surface area (Å²) in [5.41, 5.74) is 0. The van der Waals surface area contributed by atoms with E-state index in [0.29, 0.717) is 12.1 Å². The summed E-state index contributed by atoms with van der Waals surface area (Å²) in [4.78, 5) is 4.10. The summed E-state index contributed by atoms with van der Waals surface area (Å²) in [5, 5.41) is 13.7. The maximum atomic E-state index is 4.10. The van der Waals surface area contributed by atoms with Crippen molar-refractivity contribution in [3.8, 4) is 0 Å². The Bertz CT molecular complexity index is 279. The standard InChI is InChI=1S/C11H21N5/c1-9(7-10-3-2-5-13-10)12-6-4-11-14-8-15-16-11/h8-10,12-13H,2-7H2,1H3,(H,14,15,16). The SMILES string of the molecule is CC(CC1CCCN1)NCCc1ncn[nH]1. The first-order valence-electron chi connectivity index (χ1n) is 6.15. The van der Waals surface area contributed by atoms with E-state index < -0.39 is 0 Å². The number of aromatic nitrogens is 3. The van der Waals surface area contributed by atoms with Crippen LogP contribution in [0.25, 0.3) is 0 Å². The molecule has 0 aromatic carbocycles. The molecule has 16 heavy (non-hydrogen) atoms. The van der Waals surface area contributed by atoms with Crippen molar-refractivity contribution in [1.82, 2.24) is 25.8 Å². The Morgan fingerprint density at radius 2 is 2.56 bits per heavy atom. The van der Waals surface area contributed by atoms with Gasteiger partial charge in [-0.2, -0.15) is 5.10 Å². The van der Waals surface area contributed by atoms with E-state index in [9.17, 15) is 0 Å². The lowest BCUT2D eigenvalue weighted by molar-refractivity contribution is 0.441. The molecule has 1 aliphatic rings. The molecular weight excluding hydrogens is 202 g/mol. The lowest BCUT2D eigenvalue weighted by Gasteiger charge is -2.17. The maximum Gasteiger partial charge on any atom is 0.137 e. The van der Waals surface area contributed by atoms with E-state index in [0.717, 1.165) is 18.8 Å². The fraction of sp³-hybridized carbons (Fsp3) is 0.818. The minimum Gasteiger partial charge on any atom is -0.314 e. The minimum atomic E-state index is 0.568. The van der Waals surface area contributed by atoms with Crippen LogP contribution in [0.5, 0.6) is 0 Å². The Balaban J connectivity index is 1.58. The van der Waals surface area contributed by atoms with Gasteiger partial charge in [0, 0.05) is 25.0 Å². The Kier molecular flexibility index (Phi) is 4.30. The average molecular weight is 223 g/mol. The van der Waals surface area contributed by atoms with Crippen molar-refractivity contribution in [3.05, 3.63) is 12.2 Å². The summed E-state index contributed by atoms with van der Waals surface area (Å²) >= 11 is 0. The zero-order chi connectivity index (χ0) is 11.2. The third-order valence-corrected chi connectivity index (χ3v) is 3.12. The van der Waals surface area contributed by atoms with Gasteiger partial charge in [0.15, 0.2) is 0 Å². The molecule has 1 fully saturated rings. The quantitative estimate of drug-likeness (QED) is 0.656. The number of hydrogen-bond acceptors (Lipinski definition) is 4. The van der Waals surface area contributed by atoms with Gasteiger partial charge in [-0.3, -0.25) is 5.10 Å². The van der Waals surface area contributed by atoms with Crippen molar-refractivity contribution in [2.45, 2.75) is 44.7 Å². The van der Waals surface area contributed by atoms with E-state index >= 15 is 0 Å². The molecule has 0 saturated carbocycles. The molecule has 0 spiro atoms. The molecule has 1 aliphatic heterocycles. The number of nitrogens with one attached hydrogen (secondary N) is 3. The van der Waals surface area contributed by atoms with Crippen LogP contribution in [0.15, 0.2) is 6.33 Å². The fourth-order valence-electron chi connectivity index (χ4n) is 2.26. The highest BCUT2D eigenvalue weighted by Gasteiger charge is 2.16. The molecular formula is C11H21N5. The molecule has 2 unspecified atom stereocenters. The fourth-order valence-corrected chi connectivity index (χ4v) is 2.26. The van der Waals surface area contributed by atoms with Gasteiger partial charge in [-0.15, -0.1) is 0 Å². The largest absolute Gasteiger partial charge is 0.314 e. The summed E-state index contributed by atoms with van der Waals surface area (Å²) in [6.07, 6.45) is 6.35. The maximum absolute atomic E-state index is 4.10. The van der Waals surface area contributed by atoms with Crippen LogP contribution >= 0.6 is 0 Å². The van der Waals surface area contributed by atoms with Gasteiger partial charge in [0.05, 0.1) is 0 Å². The van der Waals surface area contributed by atoms with E-state index in [-0.39, 0.29) is 0 Å². The Labute approximate surface area is 96.4 Å². The molecule has 2 atom stereocenters. The number of aromatic amines is 1. The lowest BCUT2D eigenvalue weighted by atomic mass is 10.1. The minimum absolute atomic E-state index is 0.568. The van der Waals surface area contributed by atoms with Crippen LogP contribution in [0.4, 0.5) is 0 Å². The molecule has 1 aromatic heterocycles. The predicted molar refractivity (Wildman–Crippen MR) is 63.2 cm³/mol. The van der Waals surface area contributed by atoms with Gasteiger partial charge in [-0.05, 0) is 32.7 Å².